The van der Waals surface area contributed by atoms with Crippen LogP contribution in [0.25, 0.3) is 10.9 Å². The number of allylic oxidation sites excluding steroid dienone is 1. The molecule has 8 rings (SSSR count). The number of benzene rings is 3. The number of hydrogen-bond acceptors (Lipinski definition) is 12. The van der Waals surface area contributed by atoms with Crippen molar-refractivity contribution >= 4 is 32.9 Å². The first-order valence-corrected chi connectivity index (χ1v) is 24.6. The monoisotopic (exact) mass is 907 g/mol. The van der Waals surface area contributed by atoms with Gasteiger partial charge in [0.15, 0.2) is 0 Å². The van der Waals surface area contributed by atoms with Crippen molar-refractivity contribution < 1.29 is 47.2 Å². The summed E-state index contributed by atoms with van der Waals surface area (Å²) in [5.41, 5.74) is 3.16. The van der Waals surface area contributed by atoms with Crippen LogP contribution >= 0.6 is 0 Å². The van der Waals surface area contributed by atoms with Crippen molar-refractivity contribution in [3.05, 3.63) is 114 Å². The number of carbonyl (C=O) groups is 1. The van der Waals surface area contributed by atoms with Crippen molar-refractivity contribution in [1.82, 2.24) is 9.29 Å². The summed E-state index contributed by atoms with van der Waals surface area (Å²) >= 11 is 0. The number of hydrogen-bond donors (Lipinski definition) is 2. The third-order valence-electron chi connectivity index (χ3n) is 13.3. The maximum Gasteiger partial charge on any atom is 0.245 e. The highest BCUT2D eigenvalue weighted by atomic mass is 32.2. The van der Waals surface area contributed by atoms with E-state index in [0.717, 1.165) is 55.9 Å². The largest absolute Gasteiger partial charge is 0.460 e. The molecule has 0 amide bonds. The third kappa shape index (κ3) is 9.66. The number of nitrogens with zero attached hydrogens (tertiary/aromatic N) is 3. The molecule has 3 heterocycles. The van der Waals surface area contributed by atoms with Gasteiger partial charge in [0.05, 0.1) is 36.4 Å². The number of fused-ring (bicyclic) bond motifs is 3. The van der Waals surface area contributed by atoms with Crippen LogP contribution in [0.2, 0.25) is 0 Å². The number of ether oxygens (including phenoxy) is 4. The maximum absolute atomic E-state index is 15.6. The highest BCUT2D eigenvalue weighted by molar-refractivity contribution is 7.89. The summed E-state index contributed by atoms with van der Waals surface area (Å²) in [6.07, 6.45) is 13.2. The van der Waals surface area contributed by atoms with Crippen LogP contribution in [0.3, 0.4) is 0 Å². The first-order chi connectivity index (χ1) is 31.8. The van der Waals surface area contributed by atoms with E-state index in [4.69, 9.17) is 28.9 Å². The first-order valence-electron chi connectivity index (χ1n) is 23.2. The van der Waals surface area contributed by atoms with E-state index >= 15 is 8.42 Å². The van der Waals surface area contributed by atoms with Gasteiger partial charge in [-0.15, -0.1) is 6.58 Å². The first kappa shape index (κ1) is 46.6. The maximum atomic E-state index is 15.6. The number of aliphatic hydroxyl groups excluding tert-OH is 2. The molecule has 1 saturated carbocycles. The van der Waals surface area contributed by atoms with E-state index in [2.05, 4.69) is 17.6 Å². The molecule has 65 heavy (non-hydrogen) atoms. The fourth-order valence-corrected chi connectivity index (χ4v) is 12.4. The molecule has 2 fully saturated rings. The Hall–Kier alpha value is -4.96. The van der Waals surface area contributed by atoms with Crippen molar-refractivity contribution in [2.24, 2.45) is 22.9 Å². The Kier molecular flexibility index (Phi) is 15.1. The number of aliphatic hydroxyl groups is 2. The number of pyridine rings is 1. The minimum absolute atomic E-state index is 0.00156. The highest BCUT2D eigenvalue weighted by Crippen LogP contribution is 2.62. The van der Waals surface area contributed by atoms with Crippen molar-refractivity contribution in [1.29, 1.82) is 0 Å². The van der Waals surface area contributed by atoms with Gasteiger partial charge in [-0.05, 0) is 105 Å². The molecule has 2 N–H and O–H groups in total. The minimum atomic E-state index is -4.32. The number of aldehydes is 1. The predicted octanol–water partition coefficient (Wildman–Crippen LogP) is 9.10. The summed E-state index contributed by atoms with van der Waals surface area (Å²) in [5, 5.41) is 25.6. The molecule has 0 spiro atoms. The third-order valence-corrected chi connectivity index (χ3v) is 15.2. The van der Waals surface area contributed by atoms with Crippen LogP contribution in [0.1, 0.15) is 99.4 Å². The molecule has 13 nitrogen and oxygen atoms in total. The van der Waals surface area contributed by atoms with Crippen LogP contribution in [0.5, 0.6) is 17.2 Å². The van der Waals surface area contributed by atoms with Gasteiger partial charge in [-0.1, -0.05) is 67.4 Å². The quantitative estimate of drug-likeness (QED) is 0.0354. The smallest absolute Gasteiger partial charge is 0.245 e. The molecular weight excluding hydrogens is 847 g/mol. The van der Waals surface area contributed by atoms with Gasteiger partial charge in [0.2, 0.25) is 22.1 Å². The Labute approximate surface area is 382 Å². The Morgan fingerprint density at radius 1 is 0.985 bits per heavy atom. The van der Waals surface area contributed by atoms with Crippen LogP contribution < -0.4 is 9.47 Å². The van der Waals surface area contributed by atoms with Crippen molar-refractivity contribution in [2.75, 3.05) is 33.0 Å². The molecule has 3 aromatic carbocycles. The van der Waals surface area contributed by atoms with Crippen molar-refractivity contribution in [3.8, 4) is 17.2 Å². The topological polar surface area (TPSA) is 166 Å². The van der Waals surface area contributed by atoms with E-state index in [0.29, 0.717) is 71.7 Å². The second-order valence-electron chi connectivity index (χ2n) is 17.4. The standard InChI is InChI=1S/C51H61N3O10S/c1-3-25-54(65(58,59)45-20-12-16-36-17-13-24-52-50(36)45)46-33-43(53-64-47-21-7-10-29-60-47)41-31-37(15-5-8-26-55)40(19-6-9-27-56)48-42-32-39(62-38-18-11-14-35(30-38)34-57)22-23-44(42)63-51(46,49(41)48)61-28-4-2/h4,11-14,16-18,20,22-24,30-32,34,37,40,46-49,55-56H,2-3,5-10,15,19,21,25-29,33H2,1H3. The van der Waals surface area contributed by atoms with Gasteiger partial charge in [0.25, 0.3) is 0 Å². The van der Waals surface area contributed by atoms with Gasteiger partial charge in [-0.25, -0.2) is 8.42 Å². The van der Waals surface area contributed by atoms with Gasteiger partial charge in [-0.2, -0.15) is 4.31 Å². The fraction of sp³-hybridized carbons (Fsp3) is 0.471. The number of carbonyl (C=O) groups excluding carboxylic acids is 1. The molecule has 1 aromatic heterocycles. The van der Waals surface area contributed by atoms with Crippen LogP contribution in [-0.2, 0) is 24.3 Å². The normalized spacial score (nSPS) is 25.6. The summed E-state index contributed by atoms with van der Waals surface area (Å²) in [6, 6.07) is 20.5. The van der Waals surface area contributed by atoms with Crippen molar-refractivity contribution in [3.63, 3.8) is 0 Å². The van der Waals surface area contributed by atoms with Crippen LogP contribution in [0.4, 0.5) is 0 Å². The van der Waals surface area contributed by atoms with E-state index in [1.54, 1.807) is 54.7 Å². The molecule has 4 aromatic rings. The van der Waals surface area contributed by atoms with Crippen LogP contribution in [0, 0.1) is 17.8 Å². The second-order valence-corrected chi connectivity index (χ2v) is 19.3. The van der Waals surface area contributed by atoms with E-state index in [1.807, 2.05) is 37.3 Å². The van der Waals surface area contributed by atoms with Crippen LogP contribution in [-0.4, -0.2) is 91.0 Å². The Bertz CT molecular complexity index is 2470. The summed E-state index contributed by atoms with van der Waals surface area (Å²) in [6.45, 7) is 6.86. The summed E-state index contributed by atoms with van der Waals surface area (Å²) in [7, 11) is -4.32. The molecule has 346 valence electrons. The SMILES string of the molecule is C=CCOC12Oc3ccc(Oc4cccc(C=O)c4)cc3C3C(CCCCO)C(CCCCO)C=C(C(=NOC4CCCCO4)CC1N(CCC)S(=O)(=O)c1cccc4cccnc14)C32. The van der Waals surface area contributed by atoms with Crippen molar-refractivity contribution in [2.45, 2.75) is 106 Å². The molecule has 1 saturated heterocycles. The Balaban J connectivity index is 1.37. The number of unbranched alkanes of at least 4 members (excludes halogenated alkanes) is 2. The minimum Gasteiger partial charge on any atom is -0.460 e. The summed E-state index contributed by atoms with van der Waals surface area (Å²) < 4.78 is 59.7. The summed E-state index contributed by atoms with van der Waals surface area (Å²) in [5.74, 6) is -1.04. The molecule has 0 radical (unpaired) electrons. The second kappa shape index (κ2) is 21.1. The highest BCUT2D eigenvalue weighted by Gasteiger charge is 2.66. The van der Waals surface area contributed by atoms with E-state index in [1.165, 1.54) is 4.31 Å². The fourth-order valence-electron chi connectivity index (χ4n) is 10.5. The van der Waals surface area contributed by atoms with Gasteiger partial charge in [0.1, 0.15) is 28.4 Å². The molecule has 4 aliphatic rings. The lowest BCUT2D eigenvalue weighted by Crippen LogP contribution is -2.70. The zero-order chi connectivity index (χ0) is 45.4. The number of aromatic nitrogens is 1. The lowest BCUT2D eigenvalue weighted by Gasteiger charge is -2.59. The number of para-hydroxylation sites is 1. The van der Waals surface area contributed by atoms with Crippen LogP contribution in [0.15, 0.2) is 113 Å². The average Bonchev–Trinajstić information content (AvgIpc) is 3.33. The zero-order valence-corrected chi connectivity index (χ0v) is 37.9. The lowest BCUT2D eigenvalue weighted by atomic mass is 9.55. The predicted molar refractivity (Wildman–Crippen MR) is 247 cm³/mol. The number of rotatable bonds is 21. The van der Waals surface area contributed by atoms with E-state index < -0.39 is 34.1 Å². The number of sulfonamides is 1. The lowest BCUT2D eigenvalue weighted by molar-refractivity contribution is -0.251. The molecule has 7 atom stereocenters. The molecular formula is C51H61N3O10S. The van der Waals surface area contributed by atoms with Gasteiger partial charge < -0.3 is 34.0 Å². The van der Waals surface area contributed by atoms with E-state index in [9.17, 15) is 15.0 Å². The molecule has 14 heteroatoms. The number of oxime groups is 1. The van der Waals surface area contributed by atoms with Gasteiger partial charge in [-0.3, -0.25) is 9.78 Å². The Morgan fingerprint density at radius 2 is 1.78 bits per heavy atom. The zero-order valence-electron chi connectivity index (χ0n) is 37.1. The average molecular weight is 908 g/mol. The summed E-state index contributed by atoms with van der Waals surface area (Å²) in [4.78, 5) is 22.7. The molecule has 2 aliphatic heterocycles. The van der Waals surface area contributed by atoms with Gasteiger partial charge in [0, 0.05) is 61.2 Å². The van der Waals surface area contributed by atoms with E-state index in [-0.39, 0.29) is 55.4 Å². The van der Waals surface area contributed by atoms with Gasteiger partial charge >= 0.3 is 0 Å². The molecule has 2 aliphatic carbocycles. The molecule has 7 unspecified atom stereocenters. The Morgan fingerprint density at radius 3 is 2.55 bits per heavy atom. The molecule has 0 bridgehead atoms.